The fourth-order valence-corrected chi connectivity index (χ4v) is 1.71. The summed E-state index contributed by atoms with van der Waals surface area (Å²) in [5.41, 5.74) is 5.76. The molecule has 1 amide bonds. The quantitative estimate of drug-likeness (QED) is 0.857. The Kier molecular flexibility index (Phi) is 4.54. The summed E-state index contributed by atoms with van der Waals surface area (Å²) < 4.78 is 1.64. The number of nitrogens with two attached hydrogens (primary N) is 1. The second kappa shape index (κ2) is 5.69. The smallest absolute Gasteiger partial charge is 0.265 e. The second-order valence-corrected chi connectivity index (χ2v) is 4.26. The number of nitrogens with zero attached hydrogens (tertiary/aromatic N) is 1. The highest BCUT2D eigenvalue weighted by Crippen LogP contribution is 2.07. The van der Waals surface area contributed by atoms with Crippen LogP contribution >= 0.6 is 15.9 Å². The van der Waals surface area contributed by atoms with Crippen LogP contribution in [0.15, 0.2) is 21.5 Å². The van der Waals surface area contributed by atoms with Gasteiger partial charge in [-0.1, -0.05) is 6.92 Å². The molecule has 5 nitrogen and oxygen atoms in total. The Bertz CT molecular complexity index is 442. The fraction of sp³-hybridized carbons (Fsp3) is 0.400. The maximum absolute atomic E-state index is 11.6. The van der Waals surface area contributed by atoms with Crippen molar-refractivity contribution >= 4 is 27.5 Å². The van der Waals surface area contributed by atoms with E-state index in [-0.39, 0.29) is 18.0 Å². The van der Waals surface area contributed by atoms with Crippen molar-refractivity contribution in [1.82, 2.24) is 9.88 Å². The van der Waals surface area contributed by atoms with E-state index in [1.165, 1.54) is 16.8 Å². The molecule has 0 fully saturated rings. The summed E-state index contributed by atoms with van der Waals surface area (Å²) in [5.74, 6) is -0.193. The molecule has 0 aliphatic rings. The topological polar surface area (TPSA) is 77.1 Å². The van der Waals surface area contributed by atoms with Crippen molar-refractivity contribution in [2.24, 2.45) is 0 Å². The van der Waals surface area contributed by atoms with Gasteiger partial charge in [-0.15, -0.1) is 0 Å². The molecule has 0 atom stereocenters. The first-order chi connectivity index (χ1) is 7.54. The van der Waals surface area contributed by atoms with Gasteiger partial charge in [0.25, 0.3) is 5.56 Å². The molecule has 0 saturated heterocycles. The molecule has 88 valence electrons. The molecule has 1 aromatic rings. The number of rotatable bonds is 4. The Morgan fingerprint density at radius 2 is 2.31 bits per heavy atom. The lowest BCUT2D eigenvalue weighted by Gasteiger charge is -2.07. The highest BCUT2D eigenvalue weighted by atomic mass is 79.9. The Balaban J connectivity index is 2.81. The second-order valence-electron chi connectivity index (χ2n) is 3.40. The third-order valence-electron chi connectivity index (χ3n) is 1.95. The van der Waals surface area contributed by atoms with Crippen LogP contribution in [0.5, 0.6) is 0 Å². The van der Waals surface area contributed by atoms with Crippen molar-refractivity contribution in [3.63, 3.8) is 0 Å². The number of pyridine rings is 1. The first-order valence-corrected chi connectivity index (χ1v) is 5.76. The molecule has 1 heterocycles. The van der Waals surface area contributed by atoms with Gasteiger partial charge in [0.1, 0.15) is 6.54 Å². The van der Waals surface area contributed by atoms with Gasteiger partial charge in [0.05, 0.1) is 4.47 Å². The Labute approximate surface area is 102 Å². The van der Waals surface area contributed by atoms with Crippen LogP contribution in [0.1, 0.15) is 13.3 Å². The fourth-order valence-electron chi connectivity index (χ4n) is 1.21. The lowest BCUT2D eigenvalue weighted by Crippen LogP contribution is -2.32. The zero-order valence-corrected chi connectivity index (χ0v) is 10.6. The zero-order chi connectivity index (χ0) is 12.1. The van der Waals surface area contributed by atoms with E-state index < -0.39 is 0 Å². The number of anilines is 1. The van der Waals surface area contributed by atoms with Crippen LogP contribution < -0.4 is 16.6 Å². The first-order valence-electron chi connectivity index (χ1n) is 4.96. The third-order valence-corrected chi connectivity index (χ3v) is 2.52. The maximum Gasteiger partial charge on any atom is 0.265 e. The number of amides is 1. The molecule has 0 radical (unpaired) electrons. The minimum absolute atomic E-state index is 0.0114. The molecule has 0 spiro atoms. The van der Waals surface area contributed by atoms with Crippen molar-refractivity contribution in [1.29, 1.82) is 0 Å². The van der Waals surface area contributed by atoms with E-state index in [0.717, 1.165) is 6.42 Å². The van der Waals surface area contributed by atoms with Crippen LogP contribution in [0.4, 0.5) is 5.69 Å². The minimum atomic E-state index is -0.263. The van der Waals surface area contributed by atoms with Gasteiger partial charge in [-0.2, -0.15) is 0 Å². The lowest BCUT2D eigenvalue weighted by atomic mass is 10.4. The van der Waals surface area contributed by atoms with E-state index in [4.69, 9.17) is 5.73 Å². The predicted molar refractivity (Wildman–Crippen MR) is 66.1 cm³/mol. The van der Waals surface area contributed by atoms with Gasteiger partial charge in [-0.05, 0) is 28.4 Å². The average molecular weight is 288 g/mol. The summed E-state index contributed by atoms with van der Waals surface area (Å²) in [5, 5.41) is 2.69. The number of nitrogens with one attached hydrogen (secondary N) is 1. The highest BCUT2D eigenvalue weighted by molar-refractivity contribution is 9.10. The monoisotopic (exact) mass is 287 g/mol. The molecule has 0 saturated carbocycles. The Hall–Kier alpha value is -1.30. The van der Waals surface area contributed by atoms with Crippen molar-refractivity contribution < 1.29 is 4.79 Å². The van der Waals surface area contributed by atoms with Crippen LogP contribution in [-0.4, -0.2) is 17.0 Å². The van der Waals surface area contributed by atoms with Crippen LogP contribution in [0, 0.1) is 0 Å². The predicted octanol–water partition coefficient (Wildman–Crippen LogP) is 0.719. The van der Waals surface area contributed by atoms with E-state index in [0.29, 0.717) is 16.7 Å². The molecule has 0 bridgehead atoms. The summed E-state index contributed by atoms with van der Waals surface area (Å²) in [6.07, 6.45) is 2.32. The van der Waals surface area contributed by atoms with Gasteiger partial charge < -0.3 is 15.6 Å². The van der Waals surface area contributed by atoms with Gasteiger partial charge in [0.2, 0.25) is 5.91 Å². The highest BCUT2D eigenvalue weighted by Gasteiger charge is 2.06. The van der Waals surface area contributed by atoms with Gasteiger partial charge in [-0.3, -0.25) is 9.59 Å². The molecule has 16 heavy (non-hydrogen) atoms. The number of aromatic nitrogens is 1. The molecule has 3 N–H and O–H groups in total. The van der Waals surface area contributed by atoms with E-state index in [9.17, 15) is 9.59 Å². The Morgan fingerprint density at radius 1 is 1.62 bits per heavy atom. The molecule has 6 heteroatoms. The number of carbonyl (C=O) groups excluding carboxylic acids is 1. The molecule has 0 aliphatic heterocycles. The van der Waals surface area contributed by atoms with Gasteiger partial charge in [0, 0.05) is 18.4 Å². The van der Waals surface area contributed by atoms with Crippen LogP contribution in [0.2, 0.25) is 0 Å². The summed E-state index contributed by atoms with van der Waals surface area (Å²) in [7, 11) is 0. The van der Waals surface area contributed by atoms with Gasteiger partial charge in [-0.25, -0.2) is 0 Å². The van der Waals surface area contributed by atoms with Crippen molar-refractivity contribution in [3.8, 4) is 0 Å². The largest absolute Gasteiger partial charge is 0.398 e. The standard InChI is InChI=1S/C10H14BrN3O2/c1-2-3-13-9(15)6-14-5-7(12)4-8(11)10(14)16/h4-5H,2-3,6,12H2,1H3,(H,13,15). The van der Waals surface area contributed by atoms with Crippen LogP contribution in [-0.2, 0) is 11.3 Å². The average Bonchev–Trinajstić information content (AvgIpc) is 2.22. The molecule has 0 unspecified atom stereocenters. The van der Waals surface area contributed by atoms with Crippen molar-refractivity contribution in [2.45, 2.75) is 19.9 Å². The molecule has 1 rings (SSSR count). The van der Waals surface area contributed by atoms with Crippen molar-refractivity contribution in [2.75, 3.05) is 12.3 Å². The summed E-state index contributed by atoms with van der Waals surface area (Å²) in [6.45, 7) is 2.56. The molecular formula is C10H14BrN3O2. The van der Waals surface area contributed by atoms with E-state index in [1.807, 2.05) is 6.92 Å². The lowest BCUT2D eigenvalue weighted by molar-refractivity contribution is -0.121. The van der Waals surface area contributed by atoms with Gasteiger partial charge >= 0.3 is 0 Å². The first kappa shape index (κ1) is 12.8. The number of hydrogen-bond donors (Lipinski definition) is 2. The normalized spacial score (nSPS) is 10.1. The van der Waals surface area contributed by atoms with Gasteiger partial charge in [0.15, 0.2) is 0 Å². The maximum atomic E-state index is 11.6. The van der Waals surface area contributed by atoms with Crippen LogP contribution in [0.3, 0.4) is 0 Å². The summed E-state index contributed by atoms with van der Waals surface area (Å²) in [4.78, 5) is 23.0. The zero-order valence-electron chi connectivity index (χ0n) is 9.00. The molecular weight excluding hydrogens is 274 g/mol. The molecule has 0 aliphatic carbocycles. The number of nitrogen functional groups attached to an aromatic ring is 1. The summed E-state index contributed by atoms with van der Waals surface area (Å²) >= 11 is 3.09. The minimum Gasteiger partial charge on any atom is -0.398 e. The van der Waals surface area contributed by atoms with E-state index in [1.54, 1.807) is 0 Å². The SMILES string of the molecule is CCCNC(=O)Cn1cc(N)cc(Br)c1=O. The Morgan fingerprint density at radius 3 is 2.94 bits per heavy atom. The summed E-state index contributed by atoms with van der Waals surface area (Å²) in [6, 6.07) is 1.52. The van der Waals surface area contributed by atoms with Crippen molar-refractivity contribution in [3.05, 3.63) is 27.1 Å². The molecule has 0 aromatic carbocycles. The number of halogens is 1. The van der Waals surface area contributed by atoms with Crippen LogP contribution in [0.25, 0.3) is 0 Å². The van der Waals surface area contributed by atoms with E-state index >= 15 is 0 Å². The number of carbonyl (C=O) groups is 1. The molecule has 1 aromatic heterocycles. The van der Waals surface area contributed by atoms with E-state index in [2.05, 4.69) is 21.2 Å². The third kappa shape index (κ3) is 3.37. The number of hydrogen-bond acceptors (Lipinski definition) is 3.